The average Bonchev–Trinajstić information content (AvgIpc) is 2.93. The van der Waals surface area contributed by atoms with Crippen molar-refractivity contribution in [3.05, 3.63) is 40.4 Å². The van der Waals surface area contributed by atoms with Crippen LogP contribution in [0.5, 0.6) is 11.5 Å². The van der Waals surface area contributed by atoms with Crippen molar-refractivity contribution >= 4 is 23.3 Å². The van der Waals surface area contributed by atoms with Gasteiger partial charge in [-0.3, -0.25) is 4.79 Å². The van der Waals surface area contributed by atoms with E-state index in [-0.39, 0.29) is 28.4 Å². The molecular weight excluding hydrogens is 288 g/mol. The number of aromatic amines is 2. The summed E-state index contributed by atoms with van der Waals surface area (Å²) < 4.78 is 5.01. The van der Waals surface area contributed by atoms with Crippen LogP contribution in [0.2, 0.25) is 0 Å². The van der Waals surface area contributed by atoms with Gasteiger partial charge in [-0.25, -0.2) is 10.4 Å². The molecule has 1 aromatic carbocycles. The Kier molecular flexibility index (Phi) is 3.44. The second-order valence-corrected chi connectivity index (χ2v) is 4.28. The smallest absolute Gasteiger partial charge is 0.276 e. The largest absolute Gasteiger partial charge is 0.504 e. The zero-order chi connectivity index (χ0) is 15.5. The van der Waals surface area contributed by atoms with E-state index in [2.05, 4.69) is 30.5 Å². The van der Waals surface area contributed by atoms with E-state index in [4.69, 9.17) is 4.74 Å². The molecule has 0 aliphatic rings. The zero-order valence-corrected chi connectivity index (χ0v) is 11.5. The molecule has 9 heteroatoms. The summed E-state index contributed by atoms with van der Waals surface area (Å²) in [5.41, 5.74) is 3.32. The van der Waals surface area contributed by atoms with E-state index in [0.717, 1.165) is 0 Å². The third-order valence-electron chi connectivity index (χ3n) is 2.92. The number of nitrogens with one attached hydrogen (secondary N) is 3. The lowest BCUT2D eigenvalue weighted by atomic mass is 10.2. The predicted octanol–water partition coefficient (Wildman–Crippen LogP) is 0.806. The quantitative estimate of drug-likeness (QED) is 0.417. The molecule has 0 unspecified atom stereocenters. The fourth-order valence-corrected chi connectivity index (χ4v) is 1.86. The number of ether oxygens (including phenoxy) is 1. The first-order valence-corrected chi connectivity index (χ1v) is 6.27. The number of hydrazone groups is 1. The number of methoxy groups -OCH3 is 1. The van der Waals surface area contributed by atoms with Crippen LogP contribution in [-0.4, -0.2) is 38.4 Å². The van der Waals surface area contributed by atoms with Crippen LogP contribution in [0.4, 0.5) is 5.95 Å². The van der Waals surface area contributed by atoms with Gasteiger partial charge in [-0.05, 0) is 12.1 Å². The predicted molar refractivity (Wildman–Crippen MR) is 80.4 cm³/mol. The molecule has 22 heavy (non-hydrogen) atoms. The van der Waals surface area contributed by atoms with Crippen molar-refractivity contribution in [3.8, 4) is 11.5 Å². The Morgan fingerprint density at radius 3 is 3.09 bits per heavy atom. The molecule has 9 nitrogen and oxygen atoms in total. The standard InChI is InChI=1S/C13H12N6O3/c1-22-8-4-2-3-7(10(8)20)5-16-19-13-17-9-11(18-13)14-6-15-12(9)21/h2-6,20H,1H3,(H3,14,15,17,18,19,21)/b16-5-. The molecule has 0 radical (unpaired) electrons. The number of nitrogens with zero attached hydrogens (tertiary/aromatic N) is 3. The fourth-order valence-electron chi connectivity index (χ4n) is 1.86. The third-order valence-corrected chi connectivity index (χ3v) is 2.92. The Balaban J connectivity index is 1.82. The van der Waals surface area contributed by atoms with Gasteiger partial charge >= 0.3 is 0 Å². The lowest BCUT2D eigenvalue weighted by molar-refractivity contribution is 0.373. The number of imidazole rings is 1. The normalized spacial score (nSPS) is 11.1. The summed E-state index contributed by atoms with van der Waals surface area (Å²) in [5.74, 6) is 0.597. The minimum absolute atomic E-state index is 0.0155. The van der Waals surface area contributed by atoms with Gasteiger partial charge < -0.3 is 19.8 Å². The maximum atomic E-state index is 11.5. The number of anilines is 1. The molecule has 0 aliphatic carbocycles. The van der Waals surface area contributed by atoms with Crippen LogP contribution < -0.4 is 15.7 Å². The van der Waals surface area contributed by atoms with Gasteiger partial charge in [-0.1, -0.05) is 6.07 Å². The highest BCUT2D eigenvalue weighted by molar-refractivity contribution is 5.85. The average molecular weight is 300 g/mol. The van der Waals surface area contributed by atoms with Crippen LogP contribution in [0.3, 0.4) is 0 Å². The number of hydrogen-bond donors (Lipinski definition) is 4. The van der Waals surface area contributed by atoms with Gasteiger partial charge in [-0.2, -0.15) is 10.1 Å². The second kappa shape index (κ2) is 5.56. The summed E-state index contributed by atoms with van der Waals surface area (Å²) in [6.45, 7) is 0. The SMILES string of the molecule is COc1cccc(/C=N\Nc2nc3nc[nH]c(=O)c3[nH]2)c1O. The Labute approximate surface area is 123 Å². The number of benzene rings is 1. The number of para-hydroxylation sites is 1. The fraction of sp³-hybridized carbons (Fsp3) is 0.0769. The molecule has 2 aromatic heterocycles. The first-order valence-electron chi connectivity index (χ1n) is 6.27. The monoisotopic (exact) mass is 300 g/mol. The summed E-state index contributed by atoms with van der Waals surface area (Å²) in [5, 5.41) is 13.9. The molecular formula is C13H12N6O3. The Hall–Kier alpha value is -3.36. The van der Waals surface area contributed by atoms with Crippen molar-refractivity contribution in [2.75, 3.05) is 12.5 Å². The molecule has 0 spiro atoms. The first-order chi connectivity index (χ1) is 10.7. The molecule has 0 aliphatic heterocycles. The van der Waals surface area contributed by atoms with E-state index in [1.807, 2.05) is 0 Å². The van der Waals surface area contributed by atoms with Crippen molar-refractivity contribution in [2.45, 2.75) is 0 Å². The van der Waals surface area contributed by atoms with Gasteiger partial charge in [0, 0.05) is 5.56 Å². The Morgan fingerprint density at radius 1 is 1.45 bits per heavy atom. The van der Waals surface area contributed by atoms with Crippen LogP contribution in [0.25, 0.3) is 11.2 Å². The van der Waals surface area contributed by atoms with Crippen molar-refractivity contribution in [1.82, 2.24) is 19.9 Å². The first kappa shape index (κ1) is 13.6. The van der Waals surface area contributed by atoms with Gasteiger partial charge in [0.15, 0.2) is 22.7 Å². The number of hydrogen-bond acceptors (Lipinski definition) is 7. The second-order valence-electron chi connectivity index (χ2n) is 4.28. The van der Waals surface area contributed by atoms with Gasteiger partial charge in [0.25, 0.3) is 5.56 Å². The molecule has 4 N–H and O–H groups in total. The van der Waals surface area contributed by atoms with Gasteiger partial charge in [0.2, 0.25) is 5.95 Å². The van der Waals surface area contributed by atoms with Crippen LogP contribution in [0.15, 0.2) is 34.4 Å². The van der Waals surface area contributed by atoms with E-state index in [1.54, 1.807) is 18.2 Å². The summed E-state index contributed by atoms with van der Waals surface area (Å²) >= 11 is 0. The van der Waals surface area contributed by atoms with E-state index in [1.165, 1.54) is 19.7 Å². The molecule has 3 rings (SSSR count). The lowest BCUT2D eigenvalue weighted by Gasteiger charge is -2.04. The molecule has 112 valence electrons. The van der Waals surface area contributed by atoms with Crippen LogP contribution in [-0.2, 0) is 0 Å². The number of aromatic hydroxyl groups is 1. The van der Waals surface area contributed by atoms with Crippen LogP contribution in [0.1, 0.15) is 5.56 Å². The minimum atomic E-state index is -0.319. The molecule has 0 fully saturated rings. The van der Waals surface area contributed by atoms with E-state index in [9.17, 15) is 9.90 Å². The summed E-state index contributed by atoms with van der Waals surface area (Å²) in [4.78, 5) is 24.7. The van der Waals surface area contributed by atoms with E-state index < -0.39 is 0 Å². The van der Waals surface area contributed by atoms with Crippen molar-refractivity contribution < 1.29 is 9.84 Å². The lowest BCUT2D eigenvalue weighted by Crippen LogP contribution is -2.05. The van der Waals surface area contributed by atoms with Gasteiger partial charge in [-0.15, -0.1) is 0 Å². The number of fused-ring (bicyclic) bond motifs is 1. The molecule has 0 saturated heterocycles. The maximum absolute atomic E-state index is 11.5. The third kappa shape index (κ3) is 2.46. The Bertz CT molecular complexity index is 898. The molecule has 0 amide bonds. The van der Waals surface area contributed by atoms with Crippen molar-refractivity contribution in [1.29, 1.82) is 0 Å². The molecule has 0 atom stereocenters. The topological polar surface area (TPSA) is 128 Å². The number of aromatic nitrogens is 4. The highest BCUT2D eigenvalue weighted by atomic mass is 16.5. The minimum Gasteiger partial charge on any atom is -0.504 e. The molecule has 0 saturated carbocycles. The molecule has 0 bridgehead atoms. The molecule has 3 aromatic rings. The van der Waals surface area contributed by atoms with Crippen LogP contribution in [0, 0.1) is 0 Å². The van der Waals surface area contributed by atoms with Crippen LogP contribution >= 0.6 is 0 Å². The van der Waals surface area contributed by atoms with Crippen molar-refractivity contribution in [3.63, 3.8) is 0 Å². The van der Waals surface area contributed by atoms with E-state index >= 15 is 0 Å². The molecule has 2 heterocycles. The summed E-state index contributed by atoms with van der Waals surface area (Å²) in [6, 6.07) is 5.04. The number of rotatable bonds is 4. The van der Waals surface area contributed by atoms with Crippen molar-refractivity contribution in [2.24, 2.45) is 5.10 Å². The van der Waals surface area contributed by atoms with E-state index in [0.29, 0.717) is 11.3 Å². The number of phenols is 1. The zero-order valence-electron chi connectivity index (χ0n) is 11.5. The summed E-state index contributed by atoms with van der Waals surface area (Å²) in [7, 11) is 1.47. The van der Waals surface area contributed by atoms with Gasteiger partial charge in [0.05, 0.1) is 19.7 Å². The number of H-pyrrole nitrogens is 2. The highest BCUT2D eigenvalue weighted by Gasteiger charge is 2.07. The Morgan fingerprint density at radius 2 is 2.32 bits per heavy atom. The van der Waals surface area contributed by atoms with Gasteiger partial charge in [0.1, 0.15) is 0 Å². The maximum Gasteiger partial charge on any atom is 0.276 e. The highest BCUT2D eigenvalue weighted by Crippen LogP contribution is 2.27. The number of phenolic OH excluding ortho intramolecular Hbond substituents is 1. The summed E-state index contributed by atoms with van der Waals surface area (Å²) in [6.07, 6.45) is 2.68.